The lowest BCUT2D eigenvalue weighted by Crippen LogP contribution is -2.45. The highest BCUT2D eigenvalue weighted by Gasteiger charge is 2.47. The van der Waals surface area contributed by atoms with Gasteiger partial charge in [-0.1, -0.05) is 18.2 Å². The second kappa shape index (κ2) is 5.45. The largest absolute Gasteiger partial charge is 0.346 e. The minimum absolute atomic E-state index is 0.0802. The predicted molar refractivity (Wildman–Crippen MR) is 85.2 cm³/mol. The summed E-state index contributed by atoms with van der Waals surface area (Å²) in [6.45, 7) is 6.33. The number of hydrogen-bond acceptors (Lipinski definition) is 2. The molecule has 2 aliphatic rings. The molecule has 3 nitrogen and oxygen atoms in total. The highest BCUT2D eigenvalue weighted by molar-refractivity contribution is 5.80. The average molecular weight is 286 g/mol. The molecule has 1 unspecified atom stereocenters. The molecule has 1 aromatic carbocycles. The Balaban J connectivity index is 1.74. The van der Waals surface area contributed by atoms with Crippen molar-refractivity contribution in [3.8, 4) is 0 Å². The highest BCUT2D eigenvalue weighted by atomic mass is 16.2. The van der Waals surface area contributed by atoms with Gasteiger partial charge < -0.3 is 10.2 Å². The molecule has 2 fully saturated rings. The summed E-state index contributed by atoms with van der Waals surface area (Å²) in [5.74, 6) is 0.409. The van der Waals surface area contributed by atoms with Gasteiger partial charge in [0.15, 0.2) is 0 Å². The van der Waals surface area contributed by atoms with E-state index in [-0.39, 0.29) is 17.4 Å². The third-order valence-electron chi connectivity index (χ3n) is 5.23. The Bertz CT molecular complexity index is 548. The molecule has 1 aliphatic heterocycles. The van der Waals surface area contributed by atoms with Crippen LogP contribution in [0.4, 0.5) is 0 Å². The zero-order valence-electron chi connectivity index (χ0n) is 13.4. The van der Waals surface area contributed by atoms with Crippen molar-refractivity contribution in [3.63, 3.8) is 0 Å². The van der Waals surface area contributed by atoms with Crippen molar-refractivity contribution < 1.29 is 4.79 Å². The fourth-order valence-electron chi connectivity index (χ4n) is 3.57. The molecule has 1 aromatic rings. The van der Waals surface area contributed by atoms with E-state index in [4.69, 9.17) is 0 Å². The lowest BCUT2D eigenvalue weighted by atomic mass is 9.93. The Hall–Kier alpha value is -1.35. The Kier molecular flexibility index (Phi) is 3.78. The van der Waals surface area contributed by atoms with Gasteiger partial charge in [0.1, 0.15) is 0 Å². The number of amides is 1. The van der Waals surface area contributed by atoms with Gasteiger partial charge in [-0.05, 0) is 69.8 Å². The van der Waals surface area contributed by atoms with E-state index in [0.29, 0.717) is 0 Å². The van der Waals surface area contributed by atoms with Crippen molar-refractivity contribution in [1.29, 1.82) is 0 Å². The molecule has 3 heteroatoms. The second-order valence-corrected chi connectivity index (χ2v) is 6.92. The van der Waals surface area contributed by atoms with E-state index in [2.05, 4.69) is 49.3 Å². The molecule has 21 heavy (non-hydrogen) atoms. The predicted octanol–water partition coefficient (Wildman–Crippen LogP) is 2.75. The van der Waals surface area contributed by atoms with Gasteiger partial charge in [0.2, 0.25) is 5.91 Å². The Morgan fingerprint density at radius 3 is 2.76 bits per heavy atom. The van der Waals surface area contributed by atoms with E-state index in [9.17, 15) is 4.79 Å². The molecule has 0 bridgehead atoms. The van der Waals surface area contributed by atoms with Crippen LogP contribution in [0, 0.1) is 19.8 Å². The highest BCUT2D eigenvalue weighted by Crippen LogP contribution is 2.47. The molecule has 0 radical (unpaired) electrons. The van der Waals surface area contributed by atoms with Crippen molar-refractivity contribution in [2.75, 3.05) is 20.1 Å². The van der Waals surface area contributed by atoms with Crippen LogP contribution in [0.15, 0.2) is 18.2 Å². The number of carbonyl (C=O) groups excluding carboxylic acids is 1. The molecule has 1 saturated heterocycles. The zero-order valence-corrected chi connectivity index (χ0v) is 13.4. The summed E-state index contributed by atoms with van der Waals surface area (Å²) >= 11 is 0. The lowest BCUT2D eigenvalue weighted by molar-refractivity contribution is -0.127. The molecular weight excluding hydrogens is 260 g/mol. The molecule has 1 saturated carbocycles. The van der Waals surface area contributed by atoms with Crippen LogP contribution in [-0.2, 0) is 10.3 Å². The summed E-state index contributed by atoms with van der Waals surface area (Å²) in [5, 5.41) is 3.38. The summed E-state index contributed by atoms with van der Waals surface area (Å²) in [6.07, 6.45) is 4.31. The zero-order chi connectivity index (χ0) is 15.0. The van der Waals surface area contributed by atoms with E-state index in [1.54, 1.807) is 0 Å². The van der Waals surface area contributed by atoms with Crippen LogP contribution in [0.2, 0.25) is 0 Å². The van der Waals surface area contributed by atoms with Gasteiger partial charge in [-0.25, -0.2) is 0 Å². The molecule has 1 aliphatic carbocycles. The van der Waals surface area contributed by atoms with Gasteiger partial charge in [0.05, 0.1) is 11.5 Å². The fraction of sp³-hybridized carbons (Fsp3) is 0.611. The summed E-state index contributed by atoms with van der Waals surface area (Å²) in [5.41, 5.74) is 3.88. The number of carbonyl (C=O) groups is 1. The molecule has 1 atom stereocenters. The Morgan fingerprint density at radius 1 is 1.33 bits per heavy atom. The maximum Gasteiger partial charge on any atom is 0.225 e. The Labute approximate surface area is 127 Å². The third-order valence-corrected chi connectivity index (χ3v) is 5.23. The topological polar surface area (TPSA) is 32.3 Å². The number of nitrogens with one attached hydrogen (secondary N) is 1. The number of hydrogen-bond donors (Lipinski definition) is 1. The molecule has 1 N–H and O–H groups in total. The van der Waals surface area contributed by atoms with E-state index in [1.807, 2.05) is 0 Å². The number of piperidine rings is 1. The minimum atomic E-state index is -0.0802. The van der Waals surface area contributed by atoms with Crippen molar-refractivity contribution in [1.82, 2.24) is 10.2 Å². The van der Waals surface area contributed by atoms with Crippen molar-refractivity contribution >= 4 is 5.91 Å². The van der Waals surface area contributed by atoms with Crippen molar-refractivity contribution in [2.24, 2.45) is 5.92 Å². The maximum absolute atomic E-state index is 12.6. The summed E-state index contributed by atoms with van der Waals surface area (Å²) in [6, 6.07) is 6.44. The molecule has 1 amide bonds. The number of benzene rings is 1. The van der Waals surface area contributed by atoms with Crippen LogP contribution >= 0.6 is 0 Å². The van der Waals surface area contributed by atoms with Crippen LogP contribution in [0.25, 0.3) is 0 Å². The van der Waals surface area contributed by atoms with Gasteiger partial charge in [-0.2, -0.15) is 0 Å². The summed E-state index contributed by atoms with van der Waals surface area (Å²) < 4.78 is 0. The molecule has 0 spiro atoms. The molecule has 3 rings (SSSR count). The molecule has 1 heterocycles. The normalized spacial score (nSPS) is 24.6. The number of nitrogens with zero attached hydrogens (tertiary/aromatic N) is 1. The Morgan fingerprint density at radius 2 is 2.10 bits per heavy atom. The molecule has 114 valence electrons. The van der Waals surface area contributed by atoms with Gasteiger partial charge in [-0.15, -0.1) is 0 Å². The maximum atomic E-state index is 12.6. The summed E-state index contributed by atoms with van der Waals surface area (Å²) in [4.78, 5) is 14.9. The first-order valence-electron chi connectivity index (χ1n) is 8.09. The lowest BCUT2D eigenvalue weighted by Gasteiger charge is -2.31. The quantitative estimate of drug-likeness (QED) is 0.926. The van der Waals surface area contributed by atoms with E-state index >= 15 is 0 Å². The van der Waals surface area contributed by atoms with Crippen molar-refractivity contribution in [2.45, 2.75) is 45.1 Å². The first-order valence-corrected chi connectivity index (χ1v) is 8.09. The van der Waals surface area contributed by atoms with Gasteiger partial charge in [0, 0.05) is 6.54 Å². The average Bonchev–Trinajstić information content (AvgIpc) is 3.22. The number of aryl methyl sites for hydroxylation is 1. The fourth-order valence-corrected chi connectivity index (χ4v) is 3.57. The third kappa shape index (κ3) is 2.84. The van der Waals surface area contributed by atoms with Crippen LogP contribution in [0.5, 0.6) is 0 Å². The first-order chi connectivity index (χ1) is 10.0. The number of rotatable bonds is 3. The van der Waals surface area contributed by atoms with E-state index < -0.39 is 0 Å². The number of likely N-dealkylation sites (tertiary alicyclic amines) is 1. The van der Waals surface area contributed by atoms with Crippen LogP contribution < -0.4 is 5.32 Å². The monoisotopic (exact) mass is 286 g/mol. The molecule has 0 aromatic heterocycles. The smallest absolute Gasteiger partial charge is 0.225 e. The molecular formula is C18H26N2O. The minimum Gasteiger partial charge on any atom is -0.346 e. The van der Waals surface area contributed by atoms with Gasteiger partial charge >= 0.3 is 0 Å². The SMILES string of the molecule is Cc1cccc(C2(NC(=O)C3CCCN(C)C3)CC2)c1C. The van der Waals surface area contributed by atoms with Crippen LogP contribution in [-0.4, -0.2) is 30.9 Å². The van der Waals surface area contributed by atoms with E-state index in [0.717, 1.165) is 38.8 Å². The van der Waals surface area contributed by atoms with Gasteiger partial charge in [-0.3, -0.25) is 4.79 Å². The van der Waals surface area contributed by atoms with E-state index in [1.165, 1.54) is 16.7 Å². The second-order valence-electron chi connectivity index (χ2n) is 6.92. The van der Waals surface area contributed by atoms with Gasteiger partial charge in [0.25, 0.3) is 0 Å². The van der Waals surface area contributed by atoms with Crippen LogP contribution in [0.3, 0.4) is 0 Å². The summed E-state index contributed by atoms with van der Waals surface area (Å²) in [7, 11) is 2.11. The first kappa shape index (κ1) is 14.6. The van der Waals surface area contributed by atoms with Crippen LogP contribution in [0.1, 0.15) is 42.4 Å². The standard InChI is InChI=1S/C18H26N2O/c1-13-6-4-8-16(14(13)2)18(9-10-18)19-17(21)15-7-5-11-20(3)12-15/h4,6,8,15H,5,7,9-12H2,1-3H3,(H,19,21). The van der Waals surface area contributed by atoms with Crippen molar-refractivity contribution in [3.05, 3.63) is 34.9 Å².